The lowest BCUT2D eigenvalue weighted by Crippen LogP contribution is -2.40. The van der Waals surface area contributed by atoms with E-state index in [-0.39, 0.29) is 6.61 Å². The zero-order valence-electron chi connectivity index (χ0n) is 14.7. The Morgan fingerprint density at radius 1 is 1.25 bits per heavy atom. The fourth-order valence-corrected chi connectivity index (χ4v) is 3.48. The summed E-state index contributed by atoms with van der Waals surface area (Å²) in [6.45, 7) is 6.19. The van der Waals surface area contributed by atoms with Crippen molar-refractivity contribution in [3.63, 3.8) is 0 Å². The van der Waals surface area contributed by atoms with Gasteiger partial charge in [0.15, 0.2) is 0 Å². The number of aryl methyl sites for hydroxylation is 1. The first-order valence-electron chi connectivity index (χ1n) is 8.85. The number of hydrogen-bond acceptors (Lipinski definition) is 3. The van der Waals surface area contributed by atoms with Crippen LogP contribution < -0.4 is 5.32 Å². The van der Waals surface area contributed by atoms with Gasteiger partial charge in [-0.3, -0.25) is 0 Å². The Kier molecular flexibility index (Phi) is 5.57. The number of nitrogens with zero attached hydrogens (tertiary/aromatic N) is 2. The molecule has 128 valence electrons. The molecular formula is C20H27N3O. The summed E-state index contributed by atoms with van der Waals surface area (Å²) in [5, 5.41) is 13.8. The predicted molar refractivity (Wildman–Crippen MR) is 98.9 cm³/mol. The van der Waals surface area contributed by atoms with Gasteiger partial charge in [-0.1, -0.05) is 12.0 Å². The van der Waals surface area contributed by atoms with E-state index >= 15 is 0 Å². The first kappa shape index (κ1) is 17.0. The highest BCUT2D eigenvalue weighted by molar-refractivity contribution is 5.83. The third-order valence-corrected chi connectivity index (χ3v) is 4.89. The molecule has 3 rings (SSSR count). The van der Waals surface area contributed by atoms with Gasteiger partial charge in [-0.15, -0.1) is 0 Å². The van der Waals surface area contributed by atoms with Crippen molar-refractivity contribution in [2.75, 3.05) is 26.7 Å². The van der Waals surface area contributed by atoms with E-state index in [0.29, 0.717) is 6.04 Å². The summed E-state index contributed by atoms with van der Waals surface area (Å²) in [5.74, 6) is 5.81. The zero-order chi connectivity index (χ0) is 16.9. The van der Waals surface area contributed by atoms with Crippen molar-refractivity contribution in [3.8, 4) is 11.8 Å². The lowest BCUT2D eigenvalue weighted by Gasteiger charge is -2.29. The monoisotopic (exact) mass is 325 g/mol. The lowest BCUT2D eigenvalue weighted by atomic mass is 10.0. The van der Waals surface area contributed by atoms with Gasteiger partial charge in [-0.25, -0.2) is 0 Å². The van der Waals surface area contributed by atoms with Crippen LogP contribution in [0.3, 0.4) is 0 Å². The summed E-state index contributed by atoms with van der Waals surface area (Å²) in [6.07, 6.45) is 2.46. The van der Waals surface area contributed by atoms with Crippen LogP contribution in [0.1, 0.15) is 31.0 Å². The van der Waals surface area contributed by atoms with Gasteiger partial charge < -0.3 is 19.9 Å². The Labute approximate surface area is 144 Å². The molecule has 2 heterocycles. The molecule has 0 spiro atoms. The molecule has 1 aromatic heterocycles. The van der Waals surface area contributed by atoms with Crippen molar-refractivity contribution in [1.82, 2.24) is 14.8 Å². The number of rotatable bonds is 4. The number of nitrogens with one attached hydrogen (secondary N) is 1. The average molecular weight is 325 g/mol. The van der Waals surface area contributed by atoms with E-state index in [1.54, 1.807) is 0 Å². The molecule has 0 radical (unpaired) electrons. The van der Waals surface area contributed by atoms with Gasteiger partial charge in [0.25, 0.3) is 0 Å². The van der Waals surface area contributed by atoms with Crippen LogP contribution in [-0.2, 0) is 13.1 Å². The van der Waals surface area contributed by atoms with Gasteiger partial charge in [-0.05, 0) is 69.6 Å². The minimum absolute atomic E-state index is 0.100. The second-order valence-corrected chi connectivity index (χ2v) is 6.59. The second-order valence-electron chi connectivity index (χ2n) is 6.59. The Bertz CT molecular complexity index is 745. The molecule has 4 nitrogen and oxygen atoms in total. The lowest BCUT2D eigenvalue weighted by molar-refractivity contribution is 0.234. The van der Waals surface area contributed by atoms with Crippen molar-refractivity contribution >= 4 is 10.9 Å². The molecule has 2 N–H and O–H groups in total. The van der Waals surface area contributed by atoms with Gasteiger partial charge in [0.2, 0.25) is 0 Å². The van der Waals surface area contributed by atoms with E-state index in [1.165, 1.54) is 42.4 Å². The normalized spacial score (nSPS) is 16.3. The van der Waals surface area contributed by atoms with Gasteiger partial charge in [-0.2, -0.15) is 0 Å². The number of aromatic nitrogens is 1. The summed E-state index contributed by atoms with van der Waals surface area (Å²) >= 11 is 0. The molecule has 0 aliphatic carbocycles. The first-order chi connectivity index (χ1) is 11.7. The van der Waals surface area contributed by atoms with E-state index in [4.69, 9.17) is 5.11 Å². The molecule has 0 saturated carbocycles. The quantitative estimate of drug-likeness (QED) is 0.847. The zero-order valence-corrected chi connectivity index (χ0v) is 14.7. The van der Waals surface area contributed by atoms with Crippen LogP contribution in [-0.4, -0.2) is 47.4 Å². The van der Waals surface area contributed by atoms with Crippen LogP contribution in [0.2, 0.25) is 0 Å². The molecule has 1 saturated heterocycles. The van der Waals surface area contributed by atoms with E-state index in [0.717, 1.165) is 18.8 Å². The summed E-state index contributed by atoms with van der Waals surface area (Å²) < 4.78 is 2.20. The topological polar surface area (TPSA) is 40.4 Å². The Morgan fingerprint density at radius 2 is 2.04 bits per heavy atom. The van der Waals surface area contributed by atoms with E-state index in [2.05, 4.69) is 64.9 Å². The van der Waals surface area contributed by atoms with Crippen LogP contribution in [0.4, 0.5) is 0 Å². The van der Waals surface area contributed by atoms with Crippen LogP contribution in [0, 0.1) is 11.8 Å². The van der Waals surface area contributed by atoms with Gasteiger partial charge in [0.05, 0.1) is 5.69 Å². The molecule has 0 unspecified atom stereocenters. The third kappa shape index (κ3) is 3.81. The molecule has 1 aliphatic rings. The second kappa shape index (κ2) is 7.85. The van der Waals surface area contributed by atoms with Crippen LogP contribution >= 0.6 is 0 Å². The summed E-state index contributed by atoms with van der Waals surface area (Å²) in [5.41, 5.74) is 3.50. The number of aliphatic hydroxyl groups excluding tert-OH is 1. The maximum atomic E-state index is 8.93. The van der Waals surface area contributed by atoms with E-state index in [1.807, 2.05) is 0 Å². The highest BCUT2D eigenvalue weighted by Crippen LogP contribution is 2.21. The Balaban J connectivity index is 1.73. The number of likely N-dealkylation sites (tertiary alicyclic amines) is 1. The molecule has 2 aromatic rings. The fraction of sp³-hybridized carbons (Fsp3) is 0.500. The van der Waals surface area contributed by atoms with Crippen LogP contribution in [0.25, 0.3) is 10.9 Å². The highest BCUT2D eigenvalue weighted by atomic mass is 16.2. The van der Waals surface area contributed by atoms with E-state index in [9.17, 15) is 0 Å². The van der Waals surface area contributed by atoms with Crippen molar-refractivity contribution in [2.24, 2.45) is 0 Å². The maximum absolute atomic E-state index is 8.93. The van der Waals surface area contributed by atoms with Crippen LogP contribution in [0.15, 0.2) is 24.3 Å². The average Bonchev–Trinajstić information content (AvgIpc) is 2.96. The fourth-order valence-electron chi connectivity index (χ4n) is 3.48. The SMILES string of the molecule is CCn1c(C#CCO)cc2cc(CNC3CCN(C)CC3)ccc21. The molecule has 24 heavy (non-hydrogen) atoms. The number of fused-ring (bicyclic) bond motifs is 1. The minimum atomic E-state index is -0.100. The molecule has 0 amide bonds. The molecule has 0 atom stereocenters. The maximum Gasteiger partial charge on any atom is 0.104 e. The smallest absolute Gasteiger partial charge is 0.104 e. The Hall–Kier alpha value is -1.80. The summed E-state index contributed by atoms with van der Waals surface area (Å²) in [4.78, 5) is 2.40. The summed E-state index contributed by atoms with van der Waals surface area (Å²) in [6, 6.07) is 9.41. The van der Waals surface area contributed by atoms with Gasteiger partial charge in [0, 0.05) is 30.0 Å². The molecular weight excluding hydrogens is 298 g/mol. The van der Waals surface area contributed by atoms with Crippen LogP contribution in [0.5, 0.6) is 0 Å². The van der Waals surface area contributed by atoms with E-state index < -0.39 is 0 Å². The van der Waals surface area contributed by atoms with Crippen molar-refractivity contribution in [2.45, 2.75) is 38.9 Å². The minimum Gasteiger partial charge on any atom is -0.384 e. The Morgan fingerprint density at radius 3 is 2.75 bits per heavy atom. The molecule has 0 bridgehead atoms. The first-order valence-corrected chi connectivity index (χ1v) is 8.85. The van der Waals surface area contributed by atoms with Gasteiger partial charge in [0.1, 0.15) is 6.61 Å². The highest BCUT2D eigenvalue weighted by Gasteiger charge is 2.16. The summed E-state index contributed by atoms with van der Waals surface area (Å²) in [7, 11) is 2.19. The standard InChI is InChI=1S/C20H27N3O/c1-3-23-19(5-4-12-24)14-17-13-16(6-7-20(17)23)15-21-18-8-10-22(2)11-9-18/h6-7,13-14,18,21,24H,3,8-12,15H2,1-2H3. The third-order valence-electron chi connectivity index (χ3n) is 4.89. The molecule has 1 aliphatic heterocycles. The van der Waals surface area contributed by atoms with Gasteiger partial charge >= 0.3 is 0 Å². The molecule has 1 fully saturated rings. The number of piperidine rings is 1. The molecule has 4 heteroatoms. The number of benzene rings is 1. The predicted octanol–water partition coefficient (Wildman–Crippen LogP) is 2.19. The van der Waals surface area contributed by atoms with Crippen molar-refractivity contribution in [3.05, 3.63) is 35.5 Å². The van der Waals surface area contributed by atoms with Crippen molar-refractivity contribution in [1.29, 1.82) is 0 Å². The molecule has 1 aromatic carbocycles. The largest absolute Gasteiger partial charge is 0.384 e. The number of hydrogen-bond donors (Lipinski definition) is 2. The van der Waals surface area contributed by atoms with Crippen molar-refractivity contribution < 1.29 is 5.11 Å². The number of aliphatic hydroxyl groups is 1.